The molecule has 0 aliphatic heterocycles. The molecule has 0 spiro atoms. The molecule has 0 saturated heterocycles. The van der Waals surface area contributed by atoms with E-state index in [1.54, 1.807) is 6.21 Å². The minimum Gasteiger partial charge on any atom is -0.294 e. The lowest BCUT2D eigenvalue weighted by atomic mass is 10.2. The number of imidazole rings is 1. The van der Waals surface area contributed by atoms with Gasteiger partial charge in [0.15, 0.2) is 4.96 Å². The normalized spacial score (nSPS) is 11.4. The lowest BCUT2D eigenvalue weighted by Gasteiger charge is -2.00. The monoisotopic (exact) mass is 516 g/mol. The predicted octanol–water partition coefficient (Wildman–Crippen LogP) is 5.28. The molecule has 140 valence electrons. The van der Waals surface area contributed by atoms with E-state index in [2.05, 4.69) is 47.4 Å². The van der Waals surface area contributed by atoms with Gasteiger partial charge in [0, 0.05) is 31.8 Å². The highest BCUT2D eigenvalue weighted by Crippen LogP contribution is 2.25. The van der Waals surface area contributed by atoms with E-state index in [1.807, 2.05) is 64.5 Å². The van der Waals surface area contributed by atoms with E-state index in [4.69, 9.17) is 0 Å². The highest BCUT2D eigenvalue weighted by atomic mass is 79.9. The Morgan fingerprint density at radius 2 is 1.79 bits per heavy atom. The lowest BCUT2D eigenvalue weighted by Crippen LogP contribution is -2.20. The Bertz CT molecular complexity index is 1150. The summed E-state index contributed by atoms with van der Waals surface area (Å²) in [5.41, 5.74) is 6.29. The van der Waals surface area contributed by atoms with Gasteiger partial charge in [-0.05, 0) is 29.8 Å². The van der Waals surface area contributed by atoms with Crippen molar-refractivity contribution in [3.63, 3.8) is 0 Å². The first-order chi connectivity index (χ1) is 13.6. The van der Waals surface area contributed by atoms with Crippen LogP contribution in [-0.4, -0.2) is 21.5 Å². The van der Waals surface area contributed by atoms with Gasteiger partial charge in [-0.25, -0.2) is 10.4 Å². The summed E-state index contributed by atoms with van der Waals surface area (Å²) in [6, 6.07) is 15.7. The Hall–Kier alpha value is -2.29. The number of nitrogens with one attached hydrogen (secondary N) is 1. The molecule has 0 saturated carbocycles. The summed E-state index contributed by atoms with van der Waals surface area (Å²) in [5, 5.41) is 5.98. The molecule has 2 aromatic carbocycles. The van der Waals surface area contributed by atoms with Crippen LogP contribution in [-0.2, 0) is 11.2 Å². The Labute approximate surface area is 182 Å². The van der Waals surface area contributed by atoms with E-state index < -0.39 is 0 Å². The molecule has 8 heteroatoms. The Morgan fingerprint density at radius 3 is 2.50 bits per heavy atom. The van der Waals surface area contributed by atoms with Gasteiger partial charge in [-0.15, -0.1) is 11.3 Å². The summed E-state index contributed by atoms with van der Waals surface area (Å²) in [5.74, 6) is -0.174. The standard InChI is InChI=1S/C20H14Br2N4OS/c21-15-5-1-13(2-6-15)10-23-25-19(27)9-17-12-28-20-24-18(11-26(17)20)14-3-7-16(22)8-4-14/h1-8,10-12H,9H2,(H,25,27)/b23-10+. The molecule has 0 bridgehead atoms. The summed E-state index contributed by atoms with van der Waals surface area (Å²) in [6.45, 7) is 0. The topological polar surface area (TPSA) is 58.8 Å². The van der Waals surface area contributed by atoms with Gasteiger partial charge in [-0.1, -0.05) is 56.1 Å². The van der Waals surface area contributed by atoms with Gasteiger partial charge in [0.1, 0.15) is 0 Å². The molecule has 5 nitrogen and oxygen atoms in total. The van der Waals surface area contributed by atoms with Crippen molar-refractivity contribution >= 4 is 60.3 Å². The van der Waals surface area contributed by atoms with Crippen LogP contribution in [0.1, 0.15) is 11.3 Å². The summed E-state index contributed by atoms with van der Waals surface area (Å²) >= 11 is 8.34. The number of nitrogens with zero attached hydrogens (tertiary/aromatic N) is 3. The van der Waals surface area contributed by atoms with E-state index in [0.29, 0.717) is 0 Å². The fourth-order valence-corrected chi connectivity index (χ4v) is 4.05. The maximum Gasteiger partial charge on any atom is 0.246 e. The first-order valence-electron chi connectivity index (χ1n) is 8.37. The van der Waals surface area contributed by atoms with Crippen molar-refractivity contribution in [2.45, 2.75) is 6.42 Å². The fourth-order valence-electron chi connectivity index (χ4n) is 2.65. The van der Waals surface area contributed by atoms with Crippen molar-refractivity contribution in [2.75, 3.05) is 0 Å². The zero-order valence-electron chi connectivity index (χ0n) is 14.5. The third-order valence-corrected chi connectivity index (χ3v) is 5.98. The van der Waals surface area contributed by atoms with Gasteiger partial charge in [0.2, 0.25) is 5.91 Å². The number of halogens is 2. The van der Waals surface area contributed by atoms with Crippen molar-refractivity contribution in [3.8, 4) is 11.3 Å². The van der Waals surface area contributed by atoms with Crippen LogP contribution in [0, 0.1) is 0 Å². The molecule has 0 aliphatic carbocycles. The average Bonchev–Trinajstić information content (AvgIpc) is 3.26. The molecule has 1 amide bonds. The van der Waals surface area contributed by atoms with Crippen LogP contribution in [0.4, 0.5) is 0 Å². The molecule has 0 radical (unpaired) electrons. The number of aromatic nitrogens is 2. The van der Waals surface area contributed by atoms with Crippen LogP contribution in [0.2, 0.25) is 0 Å². The van der Waals surface area contributed by atoms with Gasteiger partial charge in [-0.3, -0.25) is 9.20 Å². The van der Waals surface area contributed by atoms with Crippen molar-refractivity contribution in [2.24, 2.45) is 5.10 Å². The molecule has 0 fully saturated rings. The number of fused-ring (bicyclic) bond motifs is 1. The average molecular weight is 518 g/mol. The molecule has 1 N–H and O–H groups in total. The molecule has 4 rings (SSSR count). The van der Waals surface area contributed by atoms with Crippen LogP contribution in [0.25, 0.3) is 16.2 Å². The zero-order valence-corrected chi connectivity index (χ0v) is 18.5. The molecule has 2 heterocycles. The Kier molecular flexibility index (Phi) is 5.70. The van der Waals surface area contributed by atoms with E-state index in [9.17, 15) is 4.79 Å². The number of thiazole rings is 1. The predicted molar refractivity (Wildman–Crippen MR) is 120 cm³/mol. The van der Waals surface area contributed by atoms with Crippen molar-refractivity contribution in [1.82, 2.24) is 14.8 Å². The minimum absolute atomic E-state index is 0.174. The number of hydrogen-bond acceptors (Lipinski definition) is 4. The van der Waals surface area contributed by atoms with E-state index in [-0.39, 0.29) is 12.3 Å². The molecular weight excluding hydrogens is 504 g/mol. The van der Waals surface area contributed by atoms with E-state index in [0.717, 1.165) is 36.4 Å². The third-order valence-electron chi connectivity index (χ3n) is 4.04. The maximum atomic E-state index is 12.2. The summed E-state index contributed by atoms with van der Waals surface area (Å²) in [7, 11) is 0. The molecule has 0 atom stereocenters. The second-order valence-corrected chi connectivity index (χ2v) is 8.70. The summed E-state index contributed by atoms with van der Waals surface area (Å²) in [4.78, 5) is 17.8. The first kappa shape index (κ1) is 19.0. The van der Waals surface area contributed by atoms with Crippen molar-refractivity contribution in [3.05, 3.63) is 80.3 Å². The number of carbonyl (C=O) groups excluding carboxylic acids is 1. The van der Waals surface area contributed by atoms with Gasteiger partial charge in [0.25, 0.3) is 0 Å². The van der Waals surface area contributed by atoms with Gasteiger partial charge in [-0.2, -0.15) is 5.10 Å². The number of rotatable bonds is 5. The molecular formula is C20H14Br2N4OS. The number of hydrazone groups is 1. The number of amides is 1. The van der Waals surface area contributed by atoms with Crippen molar-refractivity contribution in [1.29, 1.82) is 0 Å². The smallest absolute Gasteiger partial charge is 0.246 e. The molecule has 0 unspecified atom stereocenters. The highest BCUT2D eigenvalue weighted by molar-refractivity contribution is 9.10. The largest absolute Gasteiger partial charge is 0.294 e. The van der Waals surface area contributed by atoms with E-state index in [1.165, 1.54) is 11.3 Å². The minimum atomic E-state index is -0.174. The van der Waals surface area contributed by atoms with Crippen LogP contribution in [0.5, 0.6) is 0 Å². The molecule has 4 aromatic rings. The lowest BCUT2D eigenvalue weighted by molar-refractivity contribution is -0.120. The van der Waals surface area contributed by atoms with Crippen LogP contribution >= 0.6 is 43.2 Å². The molecule has 28 heavy (non-hydrogen) atoms. The second-order valence-electron chi connectivity index (χ2n) is 6.03. The SMILES string of the molecule is O=C(Cc1csc2nc(-c3ccc(Br)cc3)cn12)N/N=C/c1ccc(Br)cc1. The molecule has 0 aliphatic rings. The Morgan fingerprint density at radius 1 is 1.11 bits per heavy atom. The van der Waals surface area contributed by atoms with Gasteiger partial charge < -0.3 is 0 Å². The quantitative estimate of drug-likeness (QED) is 0.289. The summed E-state index contributed by atoms with van der Waals surface area (Å²) < 4.78 is 3.98. The van der Waals surface area contributed by atoms with Gasteiger partial charge in [0.05, 0.1) is 18.3 Å². The van der Waals surface area contributed by atoms with E-state index >= 15 is 0 Å². The first-order valence-corrected chi connectivity index (χ1v) is 10.8. The third kappa shape index (κ3) is 4.40. The van der Waals surface area contributed by atoms with Crippen LogP contribution in [0.15, 0.2) is 74.2 Å². The van der Waals surface area contributed by atoms with Gasteiger partial charge >= 0.3 is 0 Å². The Balaban J connectivity index is 1.44. The maximum absolute atomic E-state index is 12.2. The fraction of sp³-hybridized carbons (Fsp3) is 0.0500. The van der Waals surface area contributed by atoms with Crippen molar-refractivity contribution < 1.29 is 4.79 Å². The number of hydrogen-bond donors (Lipinski definition) is 1. The molecule has 2 aromatic heterocycles. The number of benzene rings is 2. The number of carbonyl (C=O) groups is 1. The second kappa shape index (κ2) is 8.38. The van der Waals surface area contributed by atoms with Crippen LogP contribution < -0.4 is 5.43 Å². The summed E-state index contributed by atoms with van der Waals surface area (Å²) in [6.07, 6.45) is 3.81. The highest BCUT2D eigenvalue weighted by Gasteiger charge is 2.12. The zero-order chi connectivity index (χ0) is 19.5. The van der Waals surface area contributed by atoms with Crippen LogP contribution in [0.3, 0.4) is 0 Å².